The predicted molar refractivity (Wildman–Crippen MR) is 215 cm³/mol. The van der Waals surface area contributed by atoms with Gasteiger partial charge in [0.15, 0.2) is 12.4 Å². The van der Waals surface area contributed by atoms with Gasteiger partial charge in [-0.05, 0) is 99.1 Å². The predicted octanol–water partition coefficient (Wildman–Crippen LogP) is 9.71. The molecule has 0 fully saturated rings. The van der Waals surface area contributed by atoms with E-state index in [1.54, 1.807) is 5.57 Å². The number of para-hydroxylation sites is 1. The van der Waals surface area contributed by atoms with Crippen LogP contribution in [0.4, 0.5) is 0 Å². The van der Waals surface area contributed by atoms with Crippen LogP contribution >= 0.6 is 0 Å². The van der Waals surface area contributed by atoms with Crippen molar-refractivity contribution in [2.45, 2.75) is 96.3 Å². The molecule has 0 saturated carbocycles. The van der Waals surface area contributed by atoms with Gasteiger partial charge in [-0.15, -0.1) is 9.69 Å². The van der Waals surface area contributed by atoms with E-state index in [9.17, 15) is 0 Å². The first-order chi connectivity index (χ1) is 25.6. The van der Waals surface area contributed by atoms with E-state index in [0.717, 1.165) is 69.6 Å². The summed E-state index contributed by atoms with van der Waals surface area (Å²) in [5.74, 6) is 3.94. The van der Waals surface area contributed by atoms with Crippen molar-refractivity contribution in [3.8, 4) is 0 Å². The minimum absolute atomic E-state index is 0.107. The molecule has 6 heteroatoms. The number of aromatic nitrogens is 1. The Bertz CT molecular complexity index is 2220. The van der Waals surface area contributed by atoms with Crippen molar-refractivity contribution in [2.24, 2.45) is 33.7 Å². The number of aliphatic imine (C=N–C) groups is 2. The first-order valence-electron chi connectivity index (χ1n) is 20.1. The van der Waals surface area contributed by atoms with Crippen LogP contribution in [0.1, 0.15) is 83.6 Å². The molecule has 6 nitrogen and oxygen atoms in total. The average Bonchev–Trinajstić information content (AvgIpc) is 3.70. The molecule has 7 atom stereocenters. The number of hydrazone groups is 1. The first kappa shape index (κ1) is 32.0. The standard InChI is InChI=1S/C46H51N6/c1-30-13-12-17-35(27-30)45-47-44(32-15-4-3-5-16-32)48-46(49-45)51-40-21-10-7-18-36(40)38-28-33(23-24-41(38)51)34-25-26-50-43(29-34)37-19-8-11-22-42(37)52(50)39-20-9-6-14-31(39)2/h3-4,6-7,10-12,14,17-18,21-26,28,30-32,35,39,43,45H,5,8-9,13,15-16,19-20,27,29H2,1-2H3,(H,47,48,49)/q+1. The molecule has 0 saturated heterocycles. The van der Waals surface area contributed by atoms with Crippen molar-refractivity contribution in [3.05, 3.63) is 114 Å². The van der Waals surface area contributed by atoms with Gasteiger partial charge in [0.1, 0.15) is 11.5 Å². The SMILES string of the molecule is CC1CC=CC(C2N=C(C3CC=CCC3)NC(n3c4ccccc4c4cc(C5=CC=[N+]6C(C5)C5=C(C=CCC5)N6C5CCC=CC5C)ccc43)=N2)C1. The van der Waals surface area contributed by atoms with Crippen molar-refractivity contribution >= 4 is 45.4 Å². The smallest absolute Gasteiger partial charge is 0.210 e. The van der Waals surface area contributed by atoms with Crippen molar-refractivity contribution in [1.82, 2.24) is 14.9 Å². The van der Waals surface area contributed by atoms with E-state index < -0.39 is 0 Å². The highest BCUT2D eigenvalue weighted by atomic mass is 15.6. The summed E-state index contributed by atoms with van der Waals surface area (Å²) >= 11 is 0. The molecule has 4 heterocycles. The normalized spacial score (nSPS) is 31.3. The number of benzene rings is 2. The highest BCUT2D eigenvalue weighted by Crippen LogP contribution is 2.43. The summed E-state index contributed by atoms with van der Waals surface area (Å²) in [5, 5.41) is 9.03. The molecule has 2 aromatic carbocycles. The highest BCUT2D eigenvalue weighted by molar-refractivity contribution is 6.17. The van der Waals surface area contributed by atoms with Crippen LogP contribution in [0.2, 0.25) is 0 Å². The Hall–Kier alpha value is -4.71. The Morgan fingerprint density at radius 1 is 0.846 bits per heavy atom. The maximum atomic E-state index is 5.44. The van der Waals surface area contributed by atoms with Crippen molar-refractivity contribution < 1.29 is 4.68 Å². The van der Waals surface area contributed by atoms with E-state index in [2.05, 4.69) is 137 Å². The van der Waals surface area contributed by atoms with Gasteiger partial charge < -0.3 is 5.32 Å². The van der Waals surface area contributed by atoms with Gasteiger partial charge in [-0.3, -0.25) is 4.57 Å². The number of hydrazine groups is 1. The van der Waals surface area contributed by atoms with E-state index in [-0.39, 0.29) is 6.17 Å². The zero-order valence-electron chi connectivity index (χ0n) is 30.7. The van der Waals surface area contributed by atoms with Crippen LogP contribution in [0.15, 0.2) is 118 Å². The second-order valence-electron chi connectivity index (χ2n) is 16.3. The fourth-order valence-electron chi connectivity index (χ4n) is 10.2. The molecule has 264 valence electrons. The average molecular weight is 688 g/mol. The molecular formula is C46H51N6+. The van der Waals surface area contributed by atoms with Gasteiger partial charge in [0, 0.05) is 46.6 Å². The summed E-state index contributed by atoms with van der Waals surface area (Å²) in [6, 6.07) is 16.9. The third kappa shape index (κ3) is 5.40. The minimum Gasteiger partial charge on any atom is -0.314 e. The number of hydrogen-bond acceptors (Lipinski definition) is 4. The quantitative estimate of drug-likeness (QED) is 0.219. The maximum absolute atomic E-state index is 5.44. The summed E-state index contributed by atoms with van der Waals surface area (Å²) in [4.78, 5) is 10.8. The number of rotatable bonds is 4. The molecule has 3 aliphatic heterocycles. The topological polar surface area (TPSA) is 47.9 Å². The molecule has 0 amide bonds. The summed E-state index contributed by atoms with van der Waals surface area (Å²) in [7, 11) is 0. The molecule has 7 unspecified atom stereocenters. The fourth-order valence-corrected chi connectivity index (χ4v) is 10.2. The van der Waals surface area contributed by atoms with Crippen LogP contribution in [0.5, 0.6) is 0 Å². The molecule has 7 aliphatic rings. The van der Waals surface area contributed by atoms with Crippen molar-refractivity contribution in [2.75, 3.05) is 0 Å². The van der Waals surface area contributed by atoms with Gasteiger partial charge >= 0.3 is 0 Å². The van der Waals surface area contributed by atoms with Crippen LogP contribution < -0.4 is 5.32 Å². The lowest BCUT2D eigenvalue weighted by molar-refractivity contribution is -0.694. The molecule has 3 aromatic rings. The van der Waals surface area contributed by atoms with E-state index >= 15 is 0 Å². The number of allylic oxidation sites excluding steroid dienone is 7. The lowest BCUT2D eigenvalue weighted by Crippen LogP contribution is -2.46. The number of hydrogen-bond donors (Lipinski definition) is 1. The molecule has 0 radical (unpaired) electrons. The van der Waals surface area contributed by atoms with Gasteiger partial charge in [0.25, 0.3) is 0 Å². The van der Waals surface area contributed by atoms with Gasteiger partial charge in [-0.2, -0.15) is 0 Å². The number of nitrogens with one attached hydrogen (secondary N) is 1. The lowest BCUT2D eigenvalue weighted by atomic mass is 9.86. The molecule has 4 aliphatic carbocycles. The number of fused-ring (bicyclic) bond motifs is 5. The van der Waals surface area contributed by atoms with E-state index in [1.807, 2.05) is 0 Å². The van der Waals surface area contributed by atoms with E-state index in [4.69, 9.17) is 9.98 Å². The summed E-state index contributed by atoms with van der Waals surface area (Å²) in [6.07, 6.45) is 34.9. The minimum atomic E-state index is -0.107. The summed E-state index contributed by atoms with van der Waals surface area (Å²) in [6.45, 7) is 4.75. The number of amidine groups is 1. The Labute approximate surface area is 308 Å². The van der Waals surface area contributed by atoms with Gasteiger partial charge in [-0.1, -0.05) is 80.6 Å². The summed E-state index contributed by atoms with van der Waals surface area (Å²) < 4.78 is 4.97. The molecule has 1 aromatic heterocycles. The zero-order valence-corrected chi connectivity index (χ0v) is 30.7. The zero-order chi connectivity index (χ0) is 34.8. The Kier molecular flexibility index (Phi) is 8.03. The molecule has 52 heavy (non-hydrogen) atoms. The molecular weight excluding hydrogens is 637 g/mol. The third-order valence-electron chi connectivity index (χ3n) is 12.9. The second-order valence-corrected chi connectivity index (χ2v) is 16.3. The lowest BCUT2D eigenvalue weighted by Gasteiger charge is -2.33. The maximum Gasteiger partial charge on any atom is 0.210 e. The van der Waals surface area contributed by atoms with Crippen LogP contribution in [-0.4, -0.2) is 50.5 Å². The Morgan fingerprint density at radius 2 is 1.75 bits per heavy atom. The molecule has 0 spiro atoms. The van der Waals surface area contributed by atoms with Crippen LogP contribution in [0.3, 0.4) is 0 Å². The van der Waals surface area contributed by atoms with Gasteiger partial charge in [-0.25, -0.2) is 9.98 Å². The van der Waals surface area contributed by atoms with E-state index in [0.29, 0.717) is 35.8 Å². The summed E-state index contributed by atoms with van der Waals surface area (Å²) in [5.41, 5.74) is 8.21. The van der Waals surface area contributed by atoms with Crippen LogP contribution in [0.25, 0.3) is 27.4 Å². The second kappa shape index (κ2) is 13.1. The Balaban J connectivity index is 1.04. The molecule has 10 rings (SSSR count). The molecule has 1 N–H and O–H groups in total. The monoisotopic (exact) mass is 687 g/mol. The highest BCUT2D eigenvalue weighted by Gasteiger charge is 2.48. The Morgan fingerprint density at radius 3 is 2.63 bits per heavy atom. The van der Waals surface area contributed by atoms with Crippen LogP contribution in [0, 0.1) is 23.7 Å². The fraction of sp³-hybridized carbons (Fsp3) is 0.413. The molecule has 0 bridgehead atoms. The van der Waals surface area contributed by atoms with Gasteiger partial charge in [0.05, 0.1) is 17.1 Å². The van der Waals surface area contributed by atoms with Gasteiger partial charge in [0.2, 0.25) is 12.0 Å². The third-order valence-corrected chi connectivity index (χ3v) is 12.9. The first-order valence-corrected chi connectivity index (χ1v) is 20.1. The van der Waals surface area contributed by atoms with Crippen molar-refractivity contribution in [3.63, 3.8) is 0 Å². The largest absolute Gasteiger partial charge is 0.314 e. The number of nitrogens with zero attached hydrogens (tertiary/aromatic N) is 5. The van der Waals surface area contributed by atoms with E-state index in [1.165, 1.54) is 45.1 Å². The van der Waals surface area contributed by atoms with Crippen LogP contribution in [-0.2, 0) is 0 Å². The van der Waals surface area contributed by atoms with Crippen molar-refractivity contribution in [1.29, 1.82) is 0 Å².